The van der Waals surface area contributed by atoms with Crippen LogP contribution in [-0.4, -0.2) is 27.0 Å². The Hall–Kier alpha value is -2.56. The van der Waals surface area contributed by atoms with Crippen LogP contribution in [0.15, 0.2) is 37.2 Å². The normalized spacial score (nSPS) is 14.2. The van der Waals surface area contributed by atoms with Crippen molar-refractivity contribution in [1.29, 1.82) is 0 Å². The van der Waals surface area contributed by atoms with E-state index >= 15 is 0 Å². The van der Waals surface area contributed by atoms with E-state index in [1.807, 2.05) is 61.8 Å². The fourth-order valence-corrected chi connectivity index (χ4v) is 3.18. The van der Waals surface area contributed by atoms with Gasteiger partial charge in [-0.3, -0.25) is 0 Å². The molecule has 2 aromatic rings. The number of imidazole rings is 1. The number of fused-ring (bicyclic) bond motifs is 1. The highest BCUT2D eigenvalue weighted by Crippen LogP contribution is 2.25. The third-order valence-electron chi connectivity index (χ3n) is 4.89. The standard InChI is InChI=1S/C20H26N4O/c1-14(2)15-7-6-8-16(11-15)20(3,4)22-19(25)24-10-9-17-18(12-24)23(5)13-21-17/h6-8,11,13H,1,9-10,12H2,2-5H3,(H,22,25). The summed E-state index contributed by atoms with van der Waals surface area (Å²) >= 11 is 0. The Bertz CT molecular complexity index is 819. The van der Waals surface area contributed by atoms with Gasteiger partial charge in [0.25, 0.3) is 0 Å². The predicted molar refractivity (Wildman–Crippen MR) is 100 cm³/mol. The lowest BCUT2D eigenvalue weighted by atomic mass is 9.92. The number of hydrogen-bond donors (Lipinski definition) is 1. The van der Waals surface area contributed by atoms with Gasteiger partial charge in [0.1, 0.15) is 0 Å². The maximum absolute atomic E-state index is 12.8. The van der Waals surface area contributed by atoms with Crippen molar-refractivity contribution < 1.29 is 4.79 Å². The zero-order chi connectivity index (χ0) is 18.2. The number of urea groups is 1. The van der Waals surface area contributed by atoms with E-state index in [-0.39, 0.29) is 6.03 Å². The van der Waals surface area contributed by atoms with Crippen molar-refractivity contribution in [2.75, 3.05) is 6.54 Å². The predicted octanol–water partition coefficient (Wildman–Crippen LogP) is 3.46. The minimum absolute atomic E-state index is 0.0439. The minimum atomic E-state index is -0.463. The number of benzene rings is 1. The van der Waals surface area contributed by atoms with Gasteiger partial charge in [0.2, 0.25) is 0 Å². The molecule has 1 aromatic carbocycles. The molecule has 132 valence electrons. The molecular weight excluding hydrogens is 312 g/mol. The average molecular weight is 338 g/mol. The molecular formula is C20H26N4O. The molecule has 0 bridgehead atoms. The largest absolute Gasteiger partial charge is 0.336 e. The Morgan fingerprint density at radius 3 is 2.84 bits per heavy atom. The summed E-state index contributed by atoms with van der Waals surface area (Å²) in [6, 6.07) is 8.15. The van der Waals surface area contributed by atoms with Gasteiger partial charge in [-0.25, -0.2) is 9.78 Å². The van der Waals surface area contributed by atoms with Gasteiger partial charge in [-0.2, -0.15) is 0 Å². The Balaban J connectivity index is 1.75. The first-order valence-electron chi connectivity index (χ1n) is 8.60. The average Bonchev–Trinajstić information content (AvgIpc) is 2.95. The van der Waals surface area contributed by atoms with E-state index in [2.05, 4.69) is 22.9 Å². The van der Waals surface area contributed by atoms with Gasteiger partial charge in [-0.15, -0.1) is 0 Å². The first kappa shape index (κ1) is 17.3. The molecule has 0 unspecified atom stereocenters. The van der Waals surface area contributed by atoms with Crippen LogP contribution in [0.2, 0.25) is 0 Å². The summed E-state index contributed by atoms with van der Waals surface area (Å²) in [7, 11) is 1.97. The second-order valence-corrected chi connectivity index (χ2v) is 7.34. The molecule has 0 aliphatic carbocycles. The molecule has 1 aromatic heterocycles. The SMILES string of the molecule is C=C(C)c1cccc(C(C)(C)NC(=O)N2CCc3ncn(C)c3C2)c1. The summed E-state index contributed by atoms with van der Waals surface area (Å²) in [6.45, 7) is 11.3. The van der Waals surface area contributed by atoms with Gasteiger partial charge in [-0.1, -0.05) is 30.4 Å². The fraction of sp³-hybridized carbons (Fsp3) is 0.400. The first-order valence-corrected chi connectivity index (χ1v) is 8.60. The van der Waals surface area contributed by atoms with E-state index < -0.39 is 5.54 Å². The highest BCUT2D eigenvalue weighted by atomic mass is 16.2. The van der Waals surface area contributed by atoms with Crippen molar-refractivity contribution in [3.05, 3.63) is 59.7 Å². The van der Waals surface area contributed by atoms with Crippen molar-refractivity contribution in [3.63, 3.8) is 0 Å². The molecule has 5 nitrogen and oxygen atoms in total. The van der Waals surface area contributed by atoms with Crippen LogP contribution in [0.3, 0.4) is 0 Å². The molecule has 2 heterocycles. The Labute approximate surface area is 149 Å². The van der Waals surface area contributed by atoms with Gasteiger partial charge in [0, 0.05) is 20.0 Å². The third-order valence-corrected chi connectivity index (χ3v) is 4.89. The number of rotatable bonds is 3. The molecule has 1 aliphatic heterocycles. The van der Waals surface area contributed by atoms with E-state index in [0.717, 1.165) is 34.5 Å². The topological polar surface area (TPSA) is 50.2 Å². The molecule has 0 atom stereocenters. The molecule has 3 rings (SSSR count). The molecule has 0 radical (unpaired) electrons. The smallest absolute Gasteiger partial charge is 0.318 e. The highest BCUT2D eigenvalue weighted by Gasteiger charge is 2.29. The van der Waals surface area contributed by atoms with Gasteiger partial charge >= 0.3 is 6.03 Å². The van der Waals surface area contributed by atoms with E-state index in [4.69, 9.17) is 0 Å². The fourth-order valence-electron chi connectivity index (χ4n) is 3.18. The van der Waals surface area contributed by atoms with Gasteiger partial charge in [0.05, 0.1) is 29.8 Å². The van der Waals surface area contributed by atoms with Crippen molar-refractivity contribution in [3.8, 4) is 0 Å². The molecule has 25 heavy (non-hydrogen) atoms. The number of carbonyl (C=O) groups is 1. The summed E-state index contributed by atoms with van der Waals surface area (Å²) in [4.78, 5) is 19.1. The van der Waals surface area contributed by atoms with Crippen LogP contribution in [-0.2, 0) is 25.6 Å². The van der Waals surface area contributed by atoms with E-state index in [0.29, 0.717) is 13.1 Å². The maximum atomic E-state index is 12.8. The molecule has 5 heteroatoms. The van der Waals surface area contributed by atoms with E-state index in [1.165, 1.54) is 0 Å². The Morgan fingerprint density at radius 2 is 2.12 bits per heavy atom. The van der Waals surface area contributed by atoms with Crippen LogP contribution < -0.4 is 5.32 Å². The lowest BCUT2D eigenvalue weighted by Crippen LogP contribution is -2.49. The van der Waals surface area contributed by atoms with Crippen LogP contribution in [0, 0.1) is 0 Å². The molecule has 2 amide bonds. The first-order chi connectivity index (χ1) is 11.8. The highest BCUT2D eigenvalue weighted by molar-refractivity contribution is 5.75. The molecule has 1 N–H and O–H groups in total. The number of nitrogens with zero attached hydrogens (tertiary/aromatic N) is 3. The van der Waals surface area contributed by atoms with Crippen LogP contribution in [0.4, 0.5) is 4.79 Å². The van der Waals surface area contributed by atoms with Crippen LogP contribution in [0.1, 0.15) is 43.3 Å². The second-order valence-electron chi connectivity index (χ2n) is 7.34. The van der Waals surface area contributed by atoms with Crippen LogP contribution in [0.25, 0.3) is 5.57 Å². The molecule has 0 saturated heterocycles. The number of nitrogens with one attached hydrogen (secondary N) is 1. The minimum Gasteiger partial charge on any atom is -0.336 e. The number of amides is 2. The van der Waals surface area contributed by atoms with E-state index in [9.17, 15) is 4.79 Å². The van der Waals surface area contributed by atoms with Crippen molar-refractivity contribution in [2.24, 2.45) is 7.05 Å². The number of hydrogen-bond acceptors (Lipinski definition) is 2. The Morgan fingerprint density at radius 1 is 1.36 bits per heavy atom. The van der Waals surface area contributed by atoms with E-state index in [1.54, 1.807) is 0 Å². The zero-order valence-corrected chi connectivity index (χ0v) is 15.5. The monoisotopic (exact) mass is 338 g/mol. The quantitative estimate of drug-likeness (QED) is 0.932. The van der Waals surface area contributed by atoms with Gasteiger partial charge in [-0.05, 0) is 38.0 Å². The summed E-state index contributed by atoms with van der Waals surface area (Å²) < 4.78 is 2.00. The third kappa shape index (κ3) is 3.45. The summed E-state index contributed by atoms with van der Waals surface area (Å²) in [5.41, 5.74) is 4.93. The van der Waals surface area contributed by atoms with Gasteiger partial charge in [0.15, 0.2) is 0 Å². The van der Waals surface area contributed by atoms with Gasteiger partial charge < -0.3 is 14.8 Å². The maximum Gasteiger partial charge on any atom is 0.318 e. The molecule has 1 aliphatic rings. The van der Waals surface area contributed by atoms with Crippen molar-refractivity contribution in [1.82, 2.24) is 19.8 Å². The summed E-state index contributed by atoms with van der Waals surface area (Å²) in [6.07, 6.45) is 2.62. The van der Waals surface area contributed by atoms with Crippen molar-refractivity contribution >= 4 is 11.6 Å². The van der Waals surface area contributed by atoms with Crippen molar-refractivity contribution in [2.45, 2.75) is 39.3 Å². The second kappa shape index (κ2) is 6.39. The number of allylic oxidation sites excluding steroid dienone is 1. The Kier molecular flexibility index (Phi) is 4.41. The lowest BCUT2D eigenvalue weighted by molar-refractivity contribution is 0.179. The molecule has 0 spiro atoms. The lowest BCUT2D eigenvalue weighted by Gasteiger charge is -2.33. The zero-order valence-electron chi connectivity index (χ0n) is 15.5. The molecule has 0 saturated carbocycles. The molecule has 0 fully saturated rings. The summed E-state index contributed by atoms with van der Waals surface area (Å²) in [5.74, 6) is 0. The van der Waals surface area contributed by atoms with Crippen LogP contribution in [0.5, 0.6) is 0 Å². The number of aryl methyl sites for hydroxylation is 1. The number of aromatic nitrogens is 2. The summed E-state index contributed by atoms with van der Waals surface area (Å²) in [5, 5.41) is 3.18. The number of carbonyl (C=O) groups excluding carboxylic acids is 1. The van der Waals surface area contributed by atoms with Crippen LogP contribution >= 0.6 is 0 Å².